The molecular weight excluding hydrogens is 825 g/mol. The molecule has 0 aromatic heterocycles. The molecular formula is C57H110N2O7. The van der Waals surface area contributed by atoms with Gasteiger partial charge in [-0.2, -0.15) is 0 Å². The lowest BCUT2D eigenvalue weighted by Crippen LogP contribution is -2.32. The van der Waals surface area contributed by atoms with E-state index >= 15 is 0 Å². The third-order valence-electron chi connectivity index (χ3n) is 14.1. The number of unbranched alkanes of at least 4 members (excludes halogenated alkanes) is 20. The first-order valence-corrected chi connectivity index (χ1v) is 28.9. The van der Waals surface area contributed by atoms with Crippen LogP contribution in [0.15, 0.2) is 0 Å². The van der Waals surface area contributed by atoms with Crippen molar-refractivity contribution >= 4 is 17.9 Å². The molecule has 0 aliphatic heterocycles. The molecule has 0 radical (unpaired) electrons. The van der Waals surface area contributed by atoms with E-state index < -0.39 is 0 Å². The zero-order chi connectivity index (χ0) is 48.0. The van der Waals surface area contributed by atoms with Crippen LogP contribution in [0.2, 0.25) is 0 Å². The number of esters is 3. The Morgan fingerprint density at radius 1 is 0.424 bits per heavy atom. The van der Waals surface area contributed by atoms with Crippen molar-refractivity contribution in [2.24, 2.45) is 17.8 Å². The Morgan fingerprint density at radius 3 is 1.23 bits per heavy atom. The Kier molecular flexibility index (Phi) is 44.4. The Labute approximate surface area is 408 Å². The predicted molar refractivity (Wildman–Crippen MR) is 277 cm³/mol. The van der Waals surface area contributed by atoms with Gasteiger partial charge in [-0.25, -0.2) is 0 Å². The van der Waals surface area contributed by atoms with E-state index in [2.05, 4.69) is 37.5 Å². The van der Waals surface area contributed by atoms with Crippen LogP contribution in [0.4, 0.5) is 0 Å². The average molecular weight is 936 g/mol. The van der Waals surface area contributed by atoms with Crippen LogP contribution in [0.3, 0.4) is 0 Å². The van der Waals surface area contributed by atoms with Gasteiger partial charge in [-0.3, -0.25) is 14.4 Å². The topological polar surface area (TPSA) is 106 Å². The molecule has 9 nitrogen and oxygen atoms in total. The fraction of sp³-hybridized carbons (Fsp3) is 0.947. The second-order valence-corrected chi connectivity index (χ2v) is 20.5. The minimum Gasteiger partial charge on any atom is -0.465 e. The number of carbonyl (C=O) groups is 3. The third kappa shape index (κ3) is 39.2. The van der Waals surface area contributed by atoms with Crippen molar-refractivity contribution in [2.45, 2.75) is 265 Å². The van der Waals surface area contributed by atoms with E-state index in [0.717, 1.165) is 109 Å². The standard InChI is InChI=1S/C57H110N2O7/c1-5-9-13-17-20-23-37-53(36-22-16-12-8-4)49-64-55(61)41-26-21-30-42-58(46-47-60)43-32-33-45-59(48-52-34-27-28-35-52)44-31-29-38-54(50-65-56(62)39-24-18-14-10-6-2)51-66-57(63)40-25-19-15-11-7-3/h52-54,60H,5-51H2,1-4H3. The number of aliphatic hydroxyl groups is 1. The van der Waals surface area contributed by atoms with Crippen molar-refractivity contribution in [3.05, 3.63) is 0 Å². The van der Waals surface area contributed by atoms with Gasteiger partial charge in [-0.15, -0.1) is 0 Å². The third-order valence-corrected chi connectivity index (χ3v) is 14.1. The molecule has 0 spiro atoms. The molecule has 66 heavy (non-hydrogen) atoms. The molecule has 1 unspecified atom stereocenters. The van der Waals surface area contributed by atoms with Crippen LogP contribution in [-0.2, 0) is 28.6 Å². The molecule has 1 N–H and O–H groups in total. The number of ether oxygens (including phenoxy) is 3. The van der Waals surface area contributed by atoms with Gasteiger partial charge in [0.25, 0.3) is 0 Å². The highest BCUT2D eigenvalue weighted by Crippen LogP contribution is 2.26. The molecule has 0 aromatic carbocycles. The number of rotatable bonds is 50. The lowest BCUT2D eigenvalue weighted by Gasteiger charge is -2.27. The molecule has 0 aromatic rings. The fourth-order valence-electron chi connectivity index (χ4n) is 9.74. The summed E-state index contributed by atoms with van der Waals surface area (Å²) in [6, 6.07) is 0. The second-order valence-electron chi connectivity index (χ2n) is 20.5. The first kappa shape index (κ1) is 62.3. The van der Waals surface area contributed by atoms with Crippen molar-refractivity contribution in [1.29, 1.82) is 0 Å². The quantitative estimate of drug-likeness (QED) is 0.0363. The minimum atomic E-state index is -0.123. The Hall–Kier alpha value is -1.71. The molecule has 0 heterocycles. The highest BCUT2D eigenvalue weighted by molar-refractivity contribution is 5.70. The summed E-state index contributed by atoms with van der Waals surface area (Å²) in [7, 11) is 0. The van der Waals surface area contributed by atoms with Crippen molar-refractivity contribution in [1.82, 2.24) is 9.80 Å². The number of carbonyl (C=O) groups excluding carboxylic acids is 3. The predicted octanol–water partition coefficient (Wildman–Crippen LogP) is 14.6. The van der Waals surface area contributed by atoms with Gasteiger partial charge in [-0.05, 0) is 115 Å². The van der Waals surface area contributed by atoms with Crippen LogP contribution in [0.1, 0.15) is 265 Å². The molecule has 0 saturated heterocycles. The Morgan fingerprint density at radius 2 is 0.758 bits per heavy atom. The van der Waals surface area contributed by atoms with Crippen LogP contribution in [0.5, 0.6) is 0 Å². The highest BCUT2D eigenvalue weighted by Gasteiger charge is 2.20. The second kappa shape index (κ2) is 47.0. The summed E-state index contributed by atoms with van der Waals surface area (Å²) < 4.78 is 17.4. The molecule has 1 fully saturated rings. The summed E-state index contributed by atoms with van der Waals surface area (Å²) in [5, 5.41) is 9.84. The summed E-state index contributed by atoms with van der Waals surface area (Å²) in [5.74, 6) is 1.07. The number of nitrogens with zero attached hydrogens (tertiary/aromatic N) is 2. The van der Waals surface area contributed by atoms with Crippen molar-refractivity contribution in [3.63, 3.8) is 0 Å². The first-order valence-electron chi connectivity index (χ1n) is 28.9. The van der Waals surface area contributed by atoms with E-state index in [0.29, 0.717) is 51.5 Å². The number of hydrogen-bond donors (Lipinski definition) is 1. The molecule has 1 aliphatic rings. The molecule has 1 aliphatic carbocycles. The molecule has 0 bridgehead atoms. The normalized spacial score (nSPS) is 13.6. The Balaban J connectivity index is 2.52. The van der Waals surface area contributed by atoms with E-state index in [-0.39, 0.29) is 30.4 Å². The molecule has 390 valence electrons. The fourth-order valence-corrected chi connectivity index (χ4v) is 9.74. The van der Waals surface area contributed by atoms with Gasteiger partial charge < -0.3 is 29.1 Å². The van der Waals surface area contributed by atoms with E-state index in [1.54, 1.807) is 0 Å². The van der Waals surface area contributed by atoms with Gasteiger partial charge in [0.05, 0.1) is 26.4 Å². The molecule has 1 saturated carbocycles. The largest absolute Gasteiger partial charge is 0.465 e. The van der Waals surface area contributed by atoms with Gasteiger partial charge in [-0.1, -0.05) is 169 Å². The van der Waals surface area contributed by atoms with E-state index in [4.69, 9.17) is 14.2 Å². The van der Waals surface area contributed by atoms with Gasteiger partial charge in [0, 0.05) is 38.3 Å². The Bertz CT molecular complexity index is 1060. The lowest BCUT2D eigenvalue weighted by atomic mass is 9.95. The van der Waals surface area contributed by atoms with Crippen LogP contribution in [0, 0.1) is 17.8 Å². The summed E-state index contributed by atoms with van der Waals surface area (Å²) in [5.41, 5.74) is 0. The molecule has 1 rings (SSSR count). The number of aliphatic hydroxyl groups excluding tert-OH is 1. The minimum absolute atomic E-state index is 0.0284. The van der Waals surface area contributed by atoms with Crippen LogP contribution < -0.4 is 0 Å². The zero-order valence-corrected chi connectivity index (χ0v) is 44.3. The molecule has 0 amide bonds. The SMILES string of the molecule is CCCCCCCCC(CCCCCC)COC(=O)CCCCCN(CCO)CCCCN(CCCCC(COC(=O)CCCCCCC)COC(=O)CCCCCCC)CC1CCCC1. The van der Waals surface area contributed by atoms with E-state index in [1.165, 1.54) is 148 Å². The van der Waals surface area contributed by atoms with Crippen molar-refractivity contribution < 1.29 is 33.7 Å². The first-order chi connectivity index (χ1) is 32.3. The van der Waals surface area contributed by atoms with Gasteiger partial charge in [0.1, 0.15) is 0 Å². The molecule has 1 atom stereocenters. The summed E-state index contributed by atoms with van der Waals surface area (Å²) in [6.45, 7) is 16.4. The summed E-state index contributed by atoms with van der Waals surface area (Å²) >= 11 is 0. The van der Waals surface area contributed by atoms with Gasteiger partial charge in [0.15, 0.2) is 0 Å². The maximum absolute atomic E-state index is 12.7. The zero-order valence-electron chi connectivity index (χ0n) is 44.3. The lowest BCUT2D eigenvalue weighted by molar-refractivity contribution is -0.149. The van der Waals surface area contributed by atoms with Crippen molar-refractivity contribution in [2.75, 3.05) is 65.7 Å². The molecule has 9 heteroatoms. The summed E-state index contributed by atoms with van der Waals surface area (Å²) in [4.78, 5) is 43.0. The average Bonchev–Trinajstić information content (AvgIpc) is 3.83. The smallest absolute Gasteiger partial charge is 0.305 e. The van der Waals surface area contributed by atoms with Crippen molar-refractivity contribution in [3.8, 4) is 0 Å². The van der Waals surface area contributed by atoms with E-state index in [9.17, 15) is 19.5 Å². The van der Waals surface area contributed by atoms with Gasteiger partial charge >= 0.3 is 17.9 Å². The maximum Gasteiger partial charge on any atom is 0.305 e. The van der Waals surface area contributed by atoms with Crippen LogP contribution in [0.25, 0.3) is 0 Å². The summed E-state index contributed by atoms with van der Waals surface area (Å²) in [6.07, 6.45) is 41.4. The van der Waals surface area contributed by atoms with Crippen LogP contribution in [-0.4, -0.2) is 98.5 Å². The number of hydrogen-bond acceptors (Lipinski definition) is 9. The maximum atomic E-state index is 12.7. The highest BCUT2D eigenvalue weighted by atomic mass is 16.5. The van der Waals surface area contributed by atoms with E-state index in [1.807, 2.05) is 0 Å². The van der Waals surface area contributed by atoms with Crippen LogP contribution >= 0.6 is 0 Å². The van der Waals surface area contributed by atoms with Gasteiger partial charge in [0.2, 0.25) is 0 Å². The monoisotopic (exact) mass is 935 g/mol.